The van der Waals surface area contributed by atoms with Gasteiger partial charge in [0.2, 0.25) is 5.88 Å². The highest BCUT2D eigenvalue weighted by Crippen LogP contribution is 2.38. The van der Waals surface area contributed by atoms with E-state index in [-0.39, 0.29) is 11.7 Å². The molecule has 0 amide bonds. The van der Waals surface area contributed by atoms with Crippen LogP contribution in [-0.4, -0.2) is 90.6 Å². The Morgan fingerprint density at radius 1 is 1.26 bits per heavy atom. The number of nitrogens with one attached hydrogen (secondary N) is 1. The first kappa shape index (κ1) is 26.2. The second-order valence-corrected chi connectivity index (χ2v) is 13.1. The summed E-state index contributed by atoms with van der Waals surface area (Å²) in [7, 11) is -9.16. The number of ether oxygens (including phenoxy) is 2. The summed E-state index contributed by atoms with van der Waals surface area (Å²) in [5.74, 6) is -0.594. The van der Waals surface area contributed by atoms with Gasteiger partial charge in [-0.05, 0) is 19.3 Å². The number of fused-ring (bicyclic) bond motifs is 1. The van der Waals surface area contributed by atoms with Crippen LogP contribution in [0.25, 0.3) is 11.2 Å². The molecule has 14 nitrogen and oxygen atoms in total. The van der Waals surface area contributed by atoms with Crippen molar-refractivity contribution in [2.45, 2.75) is 69.6 Å². The lowest BCUT2D eigenvalue weighted by atomic mass is 10.1. The average Bonchev–Trinajstić information content (AvgIpc) is 3.47. The van der Waals surface area contributed by atoms with Gasteiger partial charge in [-0.1, -0.05) is 25.0 Å². The van der Waals surface area contributed by atoms with Crippen LogP contribution in [0.3, 0.4) is 0 Å². The van der Waals surface area contributed by atoms with Gasteiger partial charge < -0.3 is 34.8 Å². The second kappa shape index (κ2) is 10.2. The summed E-state index contributed by atoms with van der Waals surface area (Å²) in [5, 5.41) is 32.7. The minimum atomic E-state index is -4.85. The molecule has 1 saturated heterocycles. The SMILES string of the molecule is CCCOc1cc(NC2CCCC2)c2nnn([C@@H]3O[C@H](CS(=O)(=O)CP(=O)(O)O)[C@@H](O)[C@H]3O)c2n1. The first-order valence-electron chi connectivity index (χ1n) is 11.4. The molecule has 0 spiro atoms. The Bertz CT molecular complexity index is 1200. The van der Waals surface area contributed by atoms with Gasteiger partial charge in [-0.15, -0.1) is 5.10 Å². The summed E-state index contributed by atoms with van der Waals surface area (Å²) in [6, 6.07) is 1.98. The molecule has 5 N–H and O–H groups in total. The Kier molecular flexibility index (Phi) is 7.67. The van der Waals surface area contributed by atoms with Gasteiger partial charge in [0, 0.05) is 12.1 Å². The first-order valence-corrected chi connectivity index (χ1v) is 15.0. The van der Waals surface area contributed by atoms with Gasteiger partial charge in [0.05, 0.1) is 18.0 Å². The number of aliphatic hydroxyl groups excluding tert-OH is 2. The smallest absolute Gasteiger partial charge is 0.340 e. The topological polar surface area (TPSA) is 206 Å². The molecular weight excluding hydrogens is 505 g/mol. The summed E-state index contributed by atoms with van der Waals surface area (Å²) >= 11 is 0. The maximum Gasteiger partial charge on any atom is 0.340 e. The van der Waals surface area contributed by atoms with E-state index in [1.165, 1.54) is 0 Å². The monoisotopic (exact) mass is 535 g/mol. The fourth-order valence-electron chi connectivity index (χ4n) is 4.38. The third kappa shape index (κ3) is 6.10. The van der Waals surface area contributed by atoms with Crippen molar-refractivity contribution in [1.29, 1.82) is 0 Å². The maximum absolute atomic E-state index is 12.2. The average molecular weight is 536 g/mol. The molecule has 2 fully saturated rings. The molecule has 35 heavy (non-hydrogen) atoms. The van der Waals surface area contributed by atoms with Crippen LogP contribution >= 0.6 is 7.60 Å². The Morgan fingerprint density at radius 3 is 2.63 bits per heavy atom. The van der Waals surface area contributed by atoms with Gasteiger partial charge in [0.25, 0.3) is 0 Å². The van der Waals surface area contributed by atoms with Crippen LogP contribution in [0.4, 0.5) is 5.69 Å². The van der Waals surface area contributed by atoms with Crippen molar-refractivity contribution in [3.8, 4) is 5.88 Å². The molecule has 2 aromatic rings. The van der Waals surface area contributed by atoms with Gasteiger partial charge >= 0.3 is 7.60 Å². The highest BCUT2D eigenvalue weighted by molar-refractivity contribution is 7.97. The molecule has 0 radical (unpaired) electrons. The Labute approximate surface area is 201 Å². The van der Waals surface area contributed by atoms with Crippen molar-refractivity contribution in [2.24, 2.45) is 0 Å². The lowest BCUT2D eigenvalue weighted by molar-refractivity contribution is -0.0375. The highest BCUT2D eigenvalue weighted by Gasteiger charge is 2.47. The van der Waals surface area contributed by atoms with Crippen LogP contribution in [0.5, 0.6) is 5.88 Å². The normalized spacial score (nSPS) is 26.0. The van der Waals surface area contributed by atoms with Crippen LogP contribution in [0.15, 0.2) is 6.07 Å². The molecule has 0 aromatic carbocycles. The summed E-state index contributed by atoms with van der Waals surface area (Å²) in [5.41, 5.74) is -0.152. The zero-order valence-corrected chi connectivity index (χ0v) is 20.8. The van der Waals surface area contributed by atoms with Crippen molar-refractivity contribution in [2.75, 3.05) is 23.2 Å². The third-order valence-electron chi connectivity index (χ3n) is 5.94. The molecule has 2 aliphatic rings. The minimum absolute atomic E-state index is 0.203. The molecule has 1 saturated carbocycles. The largest absolute Gasteiger partial charge is 0.478 e. The van der Waals surface area contributed by atoms with Gasteiger partial charge in [-0.3, -0.25) is 4.57 Å². The van der Waals surface area contributed by atoms with Crippen molar-refractivity contribution in [3.63, 3.8) is 0 Å². The number of nitrogens with zero attached hydrogens (tertiary/aromatic N) is 4. The Hall–Kier alpha value is -1.87. The standard InChI is InChI=1S/C19H30N5O9PS/c1-2-7-32-14-8-12(20-11-5-3-4-6-11)15-18(21-14)24(23-22-15)19-17(26)16(25)13(33-19)9-35(30,31)10-34(27,28)29/h8,11,13,16-17,19,25-26H,2-7,9-10H2,1H3,(H,20,21)(H2,27,28,29)/t13-,16-,17-,19-/m1/s1. The molecule has 0 bridgehead atoms. The predicted octanol–water partition coefficient (Wildman–Crippen LogP) is 0.139. The van der Waals surface area contributed by atoms with Crippen LogP contribution in [0.2, 0.25) is 0 Å². The fourth-order valence-corrected chi connectivity index (χ4v) is 7.62. The maximum atomic E-state index is 12.2. The number of hydrogen-bond acceptors (Lipinski definition) is 11. The first-order chi connectivity index (χ1) is 16.5. The molecule has 1 aliphatic carbocycles. The zero-order chi connectivity index (χ0) is 25.4. The number of aliphatic hydroxyl groups is 2. The Morgan fingerprint density at radius 2 is 1.97 bits per heavy atom. The molecule has 0 unspecified atom stereocenters. The molecule has 2 aromatic heterocycles. The van der Waals surface area contributed by atoms with E-state index in [4.69, 9.17) is 19.3 Å². The van der Waals surface area contributed by atoms with Crippen molar-refractivity contribution in [1.82, 2.24) is 20.0 Å². The van der Waals surface area contributed by atoms with E-state index in [2.05, 4.69) is 20.6 Å². The van der Waals surface area contributed by atoms with Crippen molar-refractivity contribution >= 4 is 34.3 Å². The van der Waals surface area contributed by atoms with Crippen molar-refractivity contribution in [3.05, 3.63) is 6.07 Å². The van der Waals surface area contributed by atoms with Crippen LogP contribution in [0, 0.1) is 0 Å². The Balaban J connectivity index is 1.63. The number of sulfone groups is 1. The van der Waals surface area contributed by atoms with E-state index in [9.17, 15) is 23.2 Å². The quantitative estimate of drug-likeness (QED) is 0.257. The molecule has 4 rings (SSSR count). The number of pyridine rings is 1. The summed E-state index contributed by atoms with van der Waals surface area (Å²) in [4.78, 5) is 22.5. The summed E-state index contributed by atoms with van der Waals surface area (Å²) in [6.07, 6.45) is -1.03. The van der Waals surface area contributed by atoms with E-state index < -0.39 is 53.2 Å². The molecule has 3 heterocycles. The molecule has 1 aliphatic heterocycles. The van der Waals surface area contributed by atoms with Crippen molar-refractivity contribution < 1.29 is 42.5 Å². The van der Waals surface area contributed by atoms with E-state index in [1.807, 2.05) is 6.92 Å². The second-order valence-electron chi connectivity index (χ2n) is 8.94. The summed E-state index contributed by atoms with van der Waals surface area (Å²) < 4.78 is 48.0. The zero-order valence-electron chi connectivity index (χ0n) is 19.1. The molecular formula is C19H30N5O9PS. The molecule has 4 atom stereocenters. The van der Waals surface area contributed by atoms with Crippen LogP contribution in [-0.2, 0) is 19.1 Å². The molecule has 16 heteroatoms. The van der Waals surface area contributed by atoms with E-state index in [0.29, 0.717) is 23.7 Å². The number of aromatic nitrogens is 4. The van der Waals surface area contributed by atoms with Gasteiger partial charge in [0.1, 0.15) is 18.3 Å². The number of anilines is 1. The van der Waals surface area contributed by atoms with Gasteiger partial charge in [-0.2, -0.15) is 9.67 Å². The van der Waals surface area contributed by atoms with E-state index >= 15 is 0 Å². The minimum Gasteiger partial charge on any atom is -0.478 e. The lowest BCUT2D eigenvalue weighted by Crippen LogP contribution is -2.36. The predicted molar refractivity (Wildman–Crippen MR) is 124 cm³/mol. The third-order valence-corrected chi connectivity index (χ3v) is 9.69. The number of rotatable bonds is 10. The van der Waals surface area contributed by atoms with E-state index in [1.54, 1.807) is 6.07 Å². The van der Waals surface area contributed by atoms with Gasteiger partial charge in [0.15, 0.2) is 32.7 Å². The lowest BCUT2D eigenvalue weighted by Gasteiger charge is -2.17. The van der Waals surface area contributed by atoms with Crippen LogP contribution < -0.4 is 10.1 Å². The number of hydrogen-bond donors (Lipinski definition) is 5. The van der Waals surface area contributed by atoms with Gasteiger partial charge in [-0.25, -0.2) is 8.42 Å². The van der Waals surface area contributed by atoms with E-state index in [0.717, 1.165) is 36.8 Å². The fraction of sp³-hybridized carbons (Fsp3) is 0.737. The summed E-state index contributed by atoms with van der Waals surface area (Å²) in [6.45, 7) is 2.37. The van der Waals surface area contributed by atoms with Crippen LogP contribution in [0.1, 0.15) is 45.3 Å². The highest BCUT2D eigenvalue weighted by atomic mass is 32.2. The molecule has 196 valence electrons.